The number of barbiturate groups is 1. The molecule has 2 fully saturated rings. The van der Waals surface area contributed by atoms with Gasteiger partial charge in [-0.25, -0.2) is 18.5 Å². The van der Waals surface area contributed by atoms with Crippen LogP contribution in [0.5, 0.6) is 0 Å². The number of carbonyl (C=O) groups is 3. The van der Waals surface area contributed by atoms with E-state index in [0.717, 1.165) is 6.07 Å². The van der Waals surface area contributed by atoms with Crippen molar-refractivity contribution in [3.05, 3.63) is 65.2 Å². The minimum absolute atomic E-state index is 0.255. The molecule has 0 saturated carbocycles. The molecular weight excluding hydrogens is 396 g/mol. The number of morpholine rings is 1. The number of para-hydroxylation sites is 1. The molecule has 2 aromatic carbocycles. The van der Waals surface area contributed by atoms with Crippen LogP contribution in [0.4, 0.5) is 25.0 Å². The smallest absolute Gasteiger partial charge is 0.336 e. The average molecular weight is 413 g/mol. The number of carbonyl (C=O) groups excluding carboxylic acids is 3. The lowest BCUT2D eigenvalue weighted by Gasteiger charge is -2.29. The molecule has 2 saturated heterocycles. The number of imide groups is 2. The quantitative estimate of drug-likeness (QED) is 0.618. The van der Waals surface area contributed by atoms with E-state index in [1.54, 1.807) is 12.1 Å². The van der Waals surface area contributed by atoms with Gasteiger partial charge in [-0.2, -0.15) is 0 Å². The van der Waals surface area contributed by atoms with Gasteiger partial charge < -0.3 is 9.64 Å². The molecule has 0 aromatic heterocycles. The van der Waals surface area contributed by atoms with E-state index in [4.69, 9.17) is 4.74 Å². The topological polar surface area (TPSA) is 79.0 Å². The molecule has 30 heavy (non-hydrogen) atoms. The van der Waals surface area contributed by atoms with Gasteiger partial charge in [0.05, 0.1) is 24.6 Å². The van der Waals surface area contributed by atoms with Crippen LogP contribution in [0, 0.1) is 11.6 Å². The standard InChI is InChI=1S/C21H17F2N3O4/c22-15-3-1-2-4-18(15)26-20(28)14(19(27)24-21(26)29)11-13-5-6-17(16(23)12-13)25-7-9-30-10-8-25/h1-6,11-12H,7-10H2,(H,24,27,29)/b14-11+. The van der Waals surface area contributed by atoms with Crippen molar-refractivity contribution in [3.63, 3.8) is 0 Å². The molecule has 2 aliphatic rings. The van der Waals surface area contributed by atoms with Crippen molar-refractivity contribution in [2.24, 2.45) is 0 Å². The molecule has 4 rings (SSSR count). The normalized spacial score (nSPS) is 18.7. The third-order valence-electron chi connectivity index (χ3n) is 4.83. The number of urea groups is 1. The first kappa shape index (κ1) is 19.7. The Morgan fingerprint density at radius 2 is 1.67 bits per heavy atom. The van der Waals surface area contributed by atoms with Crippen LogP contribution < -0.4 is 15.1 Å². The van der Waals surface area contributed by atoms with Gasteiger partial charge in [-0.3, -0.25) is 14.9 Å². The number of hydrogen-bond acceptors (Lipinski definition) is 5. The fourth-order valence-corrected chi connectivity index (χ4v) is 3.35. The molecule has 0 radical (unpaired) electrons. The molecule has 0 spiro atoms. The predicted molar refractivity (Wildman–Crippen MR) is 105 cm³/mol. The van der Waals surface area contributed by atoms with Gasteiger partial charge in [-0.15, -0.1) is 0 Å². The minimum Gasteiger partial charge on any atom is -0.378 e. The van der Waals surface area contributed by atoms with Gasteiger partial charge in [0.1, 0.15) is 17.2 Å². The van der Waals surface area contributed by atoms with Gasteiger partial charge in [0, 0.05) is 13.1 Å². The maximum atomic E-state index is 14.6. The number of benzene rings is 2. The SMILES string of the molecule is O=C1NC(=O)N(c2ccccc2F)C(=O)/C1=C/c1ccc(N2CCOCC2)c(F)c1. The van der Waals surface area contributed by atoms with E-state index in [1.807, 2.05) is 10.2 Å². The molecule has 2 aromatic rings. The zero-order chi connectivity index (χ0) is 21.3. The van der Waals surface area contributed by atoms with Crippen LogP contribution in [0.2, 0.25) is 0 Å². The van der Waals surface area contributed by atoms with Crippen molar-refractivity contribution >= 4 is 35.3 Å². The number of ether oxygens (including phenoxy) is 1. The van der Waals surface area contributed by atoms with Crippen molar-refractivity contribution in [2.75, 3.05) is 36.1 Å². The van der Waals surface area contributed by atoms with Crippen LogP contribution in [0.3, 0.4) is 0 Å². The second kappa shape index (κ2) is 8.03. The van der Waals surface area contributed by atoms with Crippen LogP contribution >= 0.6 is 0 Å². The highest BCUT2D eigenvalue weighted by atomic mass is 19.1. The highest BCUT2D eigenvalue weighted by Gasteiger charge is 2.38. The van der Waals surface area contributed by atoms with Gasteiger partial charge in [-0.1, -0.05) is 18.2 Å². The molecule has 154 valence electrons. The van der Waals surface area contributed by atoms with Gasteiger partial charge in [-0.05, 0) is 35.9 Å². The Bertz CT molecular complexity index is 1060. The molecule has 4 amide bonds. The van der Waals surface area contributed by atoms with E-state index in [2.05, 4.69) is 0 Å². The lowest BCUT2D eigenvalue weighted by molar-refractivity contribution is -0.122. The Morgan fingerprint density at radius 3 is 2.37 bits per heavy atom. The zero-order valence-electron chi connectivity index (χ0n) is 15.7. The summed E-state index contributed by atoms with van der Waals surface area (Å²) in [5.41, 5.74) is -0.0440. The summed E-state index contributed by atoms with van der Waals surface area (Å²) in [7, 11) is 0. The minimum atomic E-state index is -1.05. The number of rotatable bonds is 3. The van der Waals surface area contributed by atoms with Crippen LogP contribution in [0.15, 0.2) is 48.0 Å². The number of nitrogens with zero attached hydrogens (tertiary/aromatic N) is 2. The van der Waals surface area contributed by atoms with Crippen molar-refractivity contribution in [3.8, 4) is 0 Å². The van der Waals surface area contributed by atoms with Crippen LogP contribution in [0.25, 0.3) is 6.08 Å². The molecule has 2 aliphatic heterocycles. The molecule has 0 bridgehead atoms. The van der Waals surface area contributed by atoms with E-state index < -0.39 is 35.1 Å². The zero-order valence-corrected chi connectivity index (χ0v) is 15.7. The molecule has 1 N–H and O–H groups in total. The van der Waals surface area contributed by atoms with Crippen molar-refractivity contribution in [1.82, 2.24) is 5.32 Å². The fourth-order valence-electron chi connectivity index (χ4n) is 3.35. The number of anilines is 2. The Kier molecular flexibility index (Phi) is 5.28. The van der Waals surface area contributed by atoms with Crippen molar-refractivity contribution in [2.45, 2.75) is 0 Å². The van der Waals surface area contributed by atoms with Gasteiger partial charge in [0.2, 0.25) is 0 Å². The van der Waals surface area contributed by atoms with Gasteiger partial charge >= 0.3 is 6.03 Å². The maximum Gasteiger partial charge on any atom is 0.336 e. The molecule has 0 aliphatic carbocycles. The average Bonchev–Trinajstić information content (AvgIpc) is 2.73. The number of halogens is 2. The van der Waals surface area contributed by atoms with E-state index in [9.17, 15) is 23.2 Å². The number of hydrogen-bond donors (Lipinski definition) is 1. The fraction of sp³-hybridized carbons (Fsp3) is 0.190. The van der Waals surface area contributed by atoms with Crippen molar-refractivity contribution in [1.29, 1.82) is 0 Å². The first-order chi connectivity index (χ1) is 14.5. The Morgan fingerprint density at radius 1 is 0.933 bits per heavy atom. The maximum absolute atomic E-state index is 14.6. The summed E-state index contributed by atoms with van der Waals surface area (Å²) < 4.78 is 34.0. The Hall–Kier alpha value is -3.59. The number of nitrogens with one attached hydrogen (secondary N) is 1. The van der Waals surface area contributed by atoms with Crippen LogP contribution in [0.1, 0.15) is 5.56 Å². The summed E-state index contributed by atoms with van der Waals surface area (Å²) in [4.78, 5) is 39.5. The highest BCUT2D eigenvalue weighted by Crippen LogP contribution is 2.26. The Labute approximate surface area is 170 Å². The Balaban J connectivity index is 1.66. The van der Waals surface area contributed by atoms with E-state index in [-0.39, 0.29) is 11.3 Å². The second-order valence-electron chi connectivity index (χ2n) is 6.72. The molecule has 2 heterocycles. The van der Waals surface area contributed by atoms with Crippen LogP contribution in [-0.4, -0.2) is 44.1 Å². The molecule has 0 atom stereocenters. The molecule has 7 nitrogen and oxygen atoms in total. The van der Waals surface area contributed by atoms with E-state index in [1.165, 1.54) is 30.3 Å². The lowest BCUT2D eigenvalue weighted by atomic mass is 10.1. The summed E-state index contributed by atoms with van der Waals surface area (Å²) in [5.74, 6) is -3.24. The van der Waals surface area contributed by atoms with Gasteiger partial charge in [0.25, 0.3) is 11.8 Å². The monoisotopic (exact) mass is 413 g/mol. The first-order valence-corrected chi connectivity index (χ1v) is 9.24. The molecular formula is C21H17F2N3O4. The first-order valence-electron chi connectivity index (χ1n) is 9.24. The largest absolute Gasteiger partial charge is 0.378 e. The van der Waals surface area contributed by atoms with E-state index >= 15 is 0 Å². The van der Waals surface area contributed by atoms with Crippen LogP contribution in [-0.2, 0) is 14.3 Å². The lowest BCUT2D eigenvalue weighted by Crippen LogP contribution is -2.54. The van der Waals surface area contributed by atoms with Crippen molar-refractivity contribution < 1.29 is 27.9 Å². The third kappa shape index (κ3) is 3.67. The summed E-state index contributed by atoms with van der Waals surface area (Å²) in [6.45, 7) is 2.11. The number of amides is 4. The highest BCUT2D eigenvalue weighted by molar-refractivity contribution is 6.39. The summed E-state index contributed by atoms with van der Waals surface area (Å²) in [6, 6.07) is 8.46. The summed E-state index contributed by atoms with van der Waals surface area (Å²) >= 11 is 0. The molecule has 9 heteroatoms. The summed E-state index contributed by atoms with van der Waals surface area (Å²) in [6.07, 6.45) is 1.17. The third-order valence-corrected chi connectivity index (χ3v) is 4.83. The predicted octanol–water partition coefficient (Wildman–Crippen LogP) is 2.47. The molecule has 0 unspecified atom stereocenters. The van der Waals surface area contributed by atoms with E-state index in [0.29, 0.717) is 36.9 Å². The summed E-state index contributed by atoms with van der Waals surface area (Å²) in [5, 5.41) is 2.01. The second-order valence-corrected chi connectivity index (χ2v) is 6.72. The van der Waals surface area contributed by atoms with Gasteiger partial charge in [0.15, 0.2) is 0 Å².